The molecule has 4 aromatic carbocycles. The molecule has 0 radical (unpaired) electrons. The number of ether oxygens (including phenoxy) is 3. The number of imide groups is 1. The van der Waals surface area contributed by atoms with Crippen LogP contribution in [-0.4, -0.2) is 54.0 Å². The summed E-state index contributed by atoms with van der Waals surface area (Å²) in [7, 11) is 1.57. The van der Waals surface area contributed by atoms with Gasteiger partial charge in [-0.05, 0) is 41.0 Å². The maximum atomic E-state index is 14.0. The fourth-order valence-corrected chi connectivity index (χ4v) is 5.52. The number of amides is 3. The molecule has 3 amide bonds. The van der Waals surface area contributed by atoms with E-state index in [4.69, 9.17) is 14.2 Å². The SMILES string of the molecule is COc1ccc(N2C(=O)[C@@H](N3C(=O)C(OCc4ccccc4)C(OCc4ccccc4)C3=O)[C@H]2/C=C/c2ccccc2)cc1. The second-order valence-corrected chi connectivity index (χ2v) is 10.6. The van der Waals surface area contributed by atoms with Gasteiger partial charge in [0.2, 0.25) is 0 Å². The highest BCUT2D eigenvalue weighted by molar-refractivity contribution is 6.16. The van der Waals surface area contributed by atoms with E-state index < -0.39 is 36.1 Å². The fraction of sp³-hybridized carbons (Fsp3) is 0.194. The van der Waals surface area contributed by atoms with Crippen molar-refractivity contribution in [2.45, 2.75) is 37.5 Å². The first-order chi connectivity index (χ1) is 21.5. The zero-order chi connectivity index (χ0) is 30.5. The van der Waals surface area contributed by atoms with Gasteiger partial charge in [0.15, 0.2) is 12.2 Å². The number of β-lactam (4-membered cyclic amide) rings is 1. The number of methoxy groups -OCH3 is 1. The maximum Gasteiger partial charge on any atom is 0.262 e. The van der Waals surface area contributed by atoms with Gasteiger partial charge < -0.3 is 19.1 Å². The average Bonchev–Trinajstić information content (AvgIpc) is 3.30. The number of nitrogens with zero attached hydrogens (tertiary/aromatic N) is 2. The van der Waals surface area contributed by atoms with Crippen LogP contribution in [0.3, 0.4) is 0 Å². The molecule has 44 heavy (non-hydrogen) atoms. The van der Waals surface area contributed by atoms with Crippen LogP contribution in [-0.2, 0) is 37.1 Å². The highest BCUT2D eigenvalue weighted by atomic mass is 16.6. The van der Waals surface area contributed by atoms with Gasteiger partial charge >= 0.3 is 0 Å². The number of carbonyl (C=O) groups is 3. The molecular weight excluding hydrogens is 556 g/mol. The van der Waals surface area contributed by atoms with Crippen molar-refractivity contribution in [1.29, 1.82) is 0 Å². The van der Waals surface area contributed by atoms with Crippen molar-refractivity contribution < 1.29 is 28.6 Å². The summed E-state index contributed by atoms with van der Waals surface area (Å²) in [5.74, 6) is -0.897. The van der Waals surface area contributed by atoms with Crippen LogP contribution in [0.15, 0.2) is 121 Å². The molecule has 0 spiro atoms. The van der Waals surface area contributed by atoms with Crippen molar-refractivity contribution in [2.75, 3.05) is 12.0 Å². The lowest BCUT2D eigenvalue weighted by atomic mass is 9.91. The summed E-state index contributed by atoms with van der Waals surface area (Å²) in [6.07, 6.45) is 1.34. The fourth-order valence-electron chi connectivity index (χ4n) is 5.52. The monoisotopic (exact) mass is 588 g/mol. The minimum atomic E-state index is -1.20. The zero-order valence-electron chi connectivity index (χ0n) is 24.2. The Hall–Kier alpha value is -5.05. The lowest BCUT2D eigenvalue weighted by Crippen LogP contribution is -2.71. The molecule has 2 heterocycles. The molecule has 2 fully saturated rings. The van der Waals surface area contributed by atoms with Crippen LogP contribution in [0.4, 0.5) is 5.69 Å². The summed E-state index contributed by atoms with van der Waals surface area (Å²) >= 11 is 0. The summed E-state index contributed by atoms with van der Waals surface area (Å²) in [6, 6.07) is 33.9. The quantitative estimate of drug-likeness (QED) is 0.181. The Labute approximate surface area is 256 Å². The normalized spacial score (nSPS) is 21.6. The van der Waals surface area contributed by atoms with E-state index in [0.717, 1.165) is 21.6 Å². The third kappa shape index (κ3) is 5.90. The van der Waals surface area contributed by atoms with Gasteiger partial charge in [-0.3, -0.25) is 19.3 Å². The smallest absolute Gasteiger partial charge is 0.262 e. The van der Waals surface area contributed by atoms with Crippen molar-refractivity contribution in [2.24, 2.45) is 0 Å². The van der Waals surface area contributed by atoms with Crippen molar-refractivity contribution >= 4 is 29.5 Å². The molecule has 0 aliphatic carbocycles. The van der Waals surface area contributed by atoms with E-state index in [1.807, 2.05) is 103 Å². The van der Waals surface area contributed by atoms with Crippen LogP contribution in [0.2, 0.25) is 0 Å². The Kier molecular flexibility index (Phi) is 8.63. The van der Waals surface area contributed by atoms with E-state index in [9.17, 15) is 14.4 Å². The molecule has 0 aromatic heterocycles. The van der Waals surface area contributed by atoms with Crippen molar-refractivity contribution in [1.82, 2.24) is 4.90 Å². The summed E-state index contributed by atoms with van der Waals surface area (Å²) < 4.78 is 17.4. The van der Waals surface area contributed by atoms with Gasteiger partial charge in [-0.1, -0.05) is 103 Å². The van der Waals surface area contributed by atoms with Crippen LogP contribution in [0.5, 0.6) is 5.75 Å². The molecule has 2 aliphatic heterocycles. The van der Waals surface area contributed by atoms with Gasteiger partial charge in [0, 0.05) is 5.69 Å². The summed E-state index contributed by atoms with van der Waals surface area (Å²) in [4.78, 5) is 44.4. The van der Waals surface area contributed by atoms with E-state index in [2.05, 4.69) is 0 Å². The zero-order valence-corrected chi connectivity index (χ0v) is 24.2. The molecular formula is C36H32N2O6. The topological polar surface area (TPSA) is 85.4 Å². The van der Waals surface area contributed by atoms with Gasteiger partial charge in [-0.2, -0.15) is 0 Å². The number of carbonyl (C=O) groups excluding carboxylic acids is 3. The molecule has 4 aromatic rings. The van der Waals surface area contributed by atoms with Crippen LogP contribution in [0.1, 0.15) is 16.7 Å². The third-order valence-corrected chi connectivity index (χ3v) is 7.81. The van der Waals surface area contributed by atoms with E-state index >= 15 is 0 Å². The van der Waals surface area contributed by atoms with Gasteiger partial charge in [-0.25, -0.2) is 0 Å². The molecule has 8 nitrogen and oxygen atoms in total. The van der Waals surface area contributed by atoms with Gasteiger partial charge in [-0.15, -0.1) is 0 Å². The molecule has 2 unspecified atom stereocenters. The summed E-state index contributed by atoms with van der Waals surface area (Å²) in [5, 5.41) is 0. The van der Waals surface area contributed by atoms with E-state index in [-0.39, 0.29) is 19.1 Å². The second kappa shape index (κ2) is 13.1. The number of anilines is 1. The van der Waals surface area contributed by atoms with E-state index in [0.29, 0.717) is 11.4 Å². The lowest BCUT2D eigenvalue weighted by Gasteiger charge is -2.48. The van der Waals surface area contributed by atoms with Crippen LogP contribution in [0, 0.1) is 0 Å². The van der Waals surface area contributed by atoms with Gasteiger partial charge in [0.25, 0.3) is 17.7 Å². The van der Waals surface area contributed by atoms with Crippen LogP contribution >= 0.6 is 0 Å². The predicted octanol–water partition coefficient (Wildman–Crippen LogP) is 5.03. The summed E-state index contributed by atoms with van der Waals surface area (Å²) in [6.45, 7) is 0.217. The predicted molar refractivity (Wildman–Crippen MR) is 165 cm³/mol. The van der Waals surface area contributed by atoms with E-state index in [1.165, 1.54) is 0 Å². The lowest BCUT2D eigenvalue weighted by molar-refractivity contribution is -0.153. The highest BCUT2D eigenvalue weighted by Gasteiger charge is 2.60. The van der Waals surface area contributed by atoms with Crippen molar-refractivity contribution in [3.8, 4) is 5.75 Å². The van der Waals surface area contributed by atoms with Crippen molar-refractivity contribution in [3.63, 3.8) is 0 Å². The number of hydrogen-bond acceptors (Lipinski definition) is 6. The Morgan fingerprint density at radius 2 is 1.11 bits per heavy atom. The van der Waals surface area contributed by atoms with Gasteiger partial charge in [0.1, 0.15) is 11.8 Å². The second-order valence-electron chi connectivity index (χ2n) is 10.6. The Morgan fingerprint density at radius 1 is 0.614 bits per heavy atom. The Bertz CT molecular complexity index is 1560. The Morgan fingerprint density at radius 3 is 1.61 bits per heavy atom. The minimum Gasteiger partial charge on any atom is -0.497 e. The first-order valence-corrected chi connectivity index (χ1v) is 14.4. The van der Waals surface area contributed by atoms with Crippen LogP contribution < -0.4 is 9.64 Å². The van der Waals surface area contributed by atoms with Crippen molar-refractivity contribution in [3.05, 3.63) is 138 Å². The Balaban J connectivity index is 1.30. The summed E-state index contributed by atoms with van der Waals surface area (Å²) in [5.41, 5.74) is 3.25. The van der Waals surface area contributed by atoms with E-state index in [1.54, 1.807) is 36.3 Å². The molecule has 8 heteroatoms. The average molecular weight is 589 g/mol. The largest absolute Gasteiger partial charge is 0.497 e. The first kappa shape index (κ1) is 29.0. The number of benzene rings is 4. The van der Waals surface area contributed by atoms with Gasteiger partial charge in [0.05, 0.1) is 26.4 Å². The molecule has 4 atom stereocenters. The maximum absolute atomic E-state index is 14.0. The molecule has 2 saturated heterocycles. The molecule has 0 bridgehead atoms. The molecule has 0 saturated carbocycles. The van der Waals surface area contributed by atoms with Crippen LogP contribution in [0.25, 0.3) is 6.08 Å². The molecule has 0 N–H and O–H groups in total. The molecule has 222 valence electrons. The highest BCUT2D eigenvalue weighted by Crippen LogP contribution is 2.37. The number of rotatable bonds is 11. The first-order valence-electron chi connectivity index (χ1n) is 14.4. The minimum absolute atomic E-state index is 0.109. The standard InChI is InChI=1S/C36H32N2O6/c1-42-29-20-18-28(19-21-29)37-30(22-17-25-11-5-2-6-12-25)31(34(37)39)38-35(40)32(43-23-26-13-7-3-8-14-26)33(36(38)41)44-24-27-15-9-4-10-16-27/h2-22,30-33H,23-24H2,1H3/b22-17+/t30-,31+,32?,33?/m1/s1. The number of hydrogen-bond donors (Lipinski definition) is 0. The molecule has 2 aliphatic rings. The third-order valence-electron chi connectivity index (χ3n) is 7.81. The molecule has 6 rings (SSSR count). The number of likely N-dealkylation sites (tertiary alicyclic amines) is 1.